The van der Waals surface area contributed by atoms with E-state index in [0.717, 1.165) is 28.7 Å². The minimum absolute atomic E-state index is 0.284. The molecule has 0 saturated carbocycles. The van der Waals surface area contributed by atoms with E-state index < -0.39 is 5.97 Å². The van der Waals surface area contributed by atoms with E-state index in [0.29, 0.717) is 26.7 Å². The molecule has 0 aliphatic rings. The van der Waals surface area contributed by atoms with Crippen molar-refractivity contribution in [2.75, 3.05) is 19.8 Å². The van der Waals surface area contributed by atoms with Gasteiger partial charge in [-0.1, -0.05) is 24.3 Å². The van der Waals surface area contributed by atoms with E-state index in [4.69, 9.17) is 14.2 Å². The molecule has 0 aliphatic heterocycles. The highest BCUT2D eigenvalue weighted by Crippen LogP contribution is 2.17. The van der Waals surface area contributed by atoms with Crippen LogP contribution in [0.15, 0.2) is 54.9 Å². The molecule has 2 heterocycles. The van der Waals surface area contributed by atoms with Gasteiger partial charge in [-0.15, -0.1) is 0 Å². The van der Waals surface area contributed by atoms with Crippen molar-refractivity contribution >= 4 is 28.0 Å². The van der Waals surface area contributed by atoms with Crippen LogP contribution >= 0.6 is 0 Å². The Kier molecular flexibility index (Phi) is 8.14. The van der Waals surface area contributed by atoms with E-state index in [1.54, 1.807) is 17.8 Å². The van der Waals surface area contributed by atoms with Crippen LogP contribution in [0.5, 0.6) is 0 Å². The zero-order chi connectivity index (χ0) is 22.1. The molecule has 0 saturated heterocycles. The molecule has 0 radical (unpaired) electrons. The number of esters is 1. The first-order valence-corrected chi connectivity index (χ1v) is 10.4. The molecule has 0 bridgehead atoms. The lowest BCUT2D eigenvalue weighted by Gasteiger charge is -2.08. The van der Waals surface area contributed by atoms with Gasteiger partial charge in [-0.2, -0.15) is 0 Å². The summed E-state index contributed by atoms with van der Waals surface area (Å²) in [6, 6.07) is 15.6. The zero-order valence-corrected chi connectivity index (χ0v) is 18.2. The number of carbonyl (C=O) groups excluding carboxylic acids is 1. The van der Waals surface area contributed by atoms with Crippen LogP contribution in [0.4, 0.5) is 0 Å². The Morgan fingerprint density at radius 2 is 1.48 bits per heavy atom. The second-order valence-electron chi connectivity index (χ2n) is 6.52. The van der Waals surface area contributed by atoms with Crippen molar-refractivity contribution in [2.45, 2.75) is 34.2 Å². The second-order valence-corrected chi connectivity index (χ2v) is 6.52. The monoisotopic (exact) mass is 424 g/mol. The van der Waals surface area contributed by atoms with E-state index >= 15 is 0 Å². The third-order valence-electron chi connectivity index (χ3n) is 4.50. The van der Waals surface area contributed by atoms with Crippen molar-refractivity contribution < 1.29 is 19.0 Å². The first-order valence-electron chi connectivity index (χ1n) is 10.4. The van der Waals surface area contributed by atoms with Crippen molar-refractivity contribution in [3.05, 3.63) is 60.7 Å². The van der Waals surface area contributed by atoms with E-state index in [2.05, 4.69) is 9.97 Å². The third kappa shape index (κ3) is 5.48. The molecule has 4 aromatic rings. The Labute approximate surface area is 181 Å². The Balaban J connectivity index is 0.000000185. The first kappa shape index (κ1) is 22.5. The number of benzene rings is 2. The Morgan fingerprint density at radius 1 is 0.839 bits per heavy atom. The number of hydrogen-bond donors (Lipinski definition) is 0. The number of ether oxygens (including phenoxy) is 3. The predicted octanol–water partition coefficient (Wildman–Crippen LogP) is 4.24. The molecular formula is C23H28N4O4. The van der Waals surface area contributed by atoms with Gasteiger partial charge in [0.25, 0.3) is 0 Å². The van der Waals surface area contributed by atoms with Gasteiger partial charge in [-0.3, -0.25) is 4.57 Å². The SMILES string of the molecule is CCOCn1c(C(=O)OCC)nc2ccccc21.CCOCn1cnc2ccccc21. The summed E-state index contributed by atoms with van der Waals surface area (Å²) in [4.78, 5) is 20.4. The number of hydrogen-bond acceptors (Lipinski definition) is 6. The molecule has 164 valence electrons. The van der Waals surface area contributed by atoms with Crippen LogP contribution in [0.2, 0.25) is 0 Å². The quantitative estimate of drug-likeness (QED) is 0.394. The number of aromatic nitrogens is 4. The van der Waals surface area contributed by atoms with Gasteiger partial charge >= 0.3 is 5.97 Å². The van der Waals surface area contributed by atoms with Crippen LogP contribution in [0.3, 0.4) is 0 Å². The molecular weight excluding hydrogens is 396 g/mol. The van der Waals surface area contributed by atoms with Crippen LogP contribution in [-0.2, 0) is 27.7 Å². The van der Waals surface area contributed by atoms with Gasteiger partial charge in [-0.25, -0.2) is 14.8 Å². The summed E-state index contributed by atoms with van der Waals surface area (Å²) in [6.45, 7) is 8.18. The average Bonchev–Trinajstić information content (AvgIpc) is 3.38. The minimum Gasteiger partial charge on any atom is -0.460 e. The van der Waals surface area contributed by atoms with Gasteiger partial charge in [0, 0.05) is 13.2 Å². The summed E-state index contributed by atoms with van der Waals surface area (Å²) in [5.41, 5.74) is 3.77. The molecule has 4 rings (SSSR count). The number of nitrogens with zero attached hydrogens (tertiary/aromatic N) is 4. The third-order valence-corrected chi connectivity index (χ3v) is 4.50. The highest BCUT2D eigenvalue weighted by Gasteiger charge is 2.18. The molecule has 0 aliphatic carbocycles. The standard InChI is InChI=1S/C13H16N2O3.C10H12N2O/c1-3-17-9-15-11-8-6-5-7-10(11)14-12(15)13(16)18-4-2;1-2-13-8-12-7-11-9-5-3-4-6-10(9)12/h5-8H,3-4,9H2,1-2H3;3-7H,2,8H2,1H3. The summed E-state index contributed by atoms with van der Waals surface area (Å²) < 4.78 is 19.4. The van der Waals surface area contributed by atoms with Crippen LogP contribution in [0.1, 0.15) is 31.4 Å². The van der Waals surface area contributed by atoms with Crippen LogP contribution < -0.4 is 0 Å². The fourth-order valence-corrected chi connectivity index (χ4v) is 3.04. The predicted molar refractivity (Wildman–Crippen MR) is 119 cm³/mol. The van der Waals surface area contributed by atoms with Crippen LogP contribution in [0, 0.1) is 0 Å². The normalized spacial score (nSPS) is 10.8. The van der Waals surface area contributed by atoms with Crippen molar-refractivity contribution in [1.82, 2.24) is 19.1 Å². The molecule has 0 spiro atoms. The summed E-state index contributed by atoms with van der Waals surface area (Å²) in [5, 5.41) is 0. The van der Waals surface area contributed by atoms with Crippen LogP contribution in [0.25, 0.3) is 22.1 Å². The van der Waals surface area contributed by atoms with Gasteiger partial charge in [0.1, 0.15) is 13.5 Å². The topological polar surface area (TPSA) is 80.4 Å². The Hall–Kier alpha value is -3.23. The first-order chi connectivity index (χ1) is 15.2. The average molecular weight is 425 g/mol. The van der Waals surface area contributed by atoms with Gasteiger partial charge in [-0.05, 0) is 45.0 Å². The smallest absolute Gasteiger partial charge is 0.374 e. The Morgan fingerprint density at radius 3 is 2.19 bits per heavy atom. The summed E-state index contributed by atoms with van der Waals surface area (Å²) in [6.07, 6.45) is 1.81. The lowest BCUT2D eigenvalue weighted by atomic mass is 10.3. The van der Waals surface area contributed by atoms with E-state index in [1.165, 1.54) is 0 Å². The number of fused-ring (bicyclic) bond motifs is 2. The zero-order valence-electron chi connectivity index (χ0n) is 18.2. The largest absolute Gasteiger partial charge is 0.460 e. The van der Waals surface area contributed by atoms with Gasteiger partial charge in [0.2, 0.25) is 5.82 Å². The number of rotatable bonds is 8. The summed E-state index contributed by atoms with van der Waals surface area (Å²) >= 11 is 0. The van der Waals surface area contributed by atoms with Gasteiger partial charge in [0.15, 0.2) is 0 Å². The van der Waals surface area contributed by atoms with Crippen molar-refractivity contribution in [3.8, 4) is 0 Å². The molecule has 8 nitrogen and oxygen atoms in total. The molecule has 0 fully saturated rings. The molecule has 0 atom stereocenters. The maximum atomic E-state index is 11.8. The van der Waals surface area contributed by atoms with Crippen molar-refractivity contribution in [3.63, 3.8) is 0 Å². The van der Waals surface area contributed by atoms with E-state index in [1.807, 2.05) is 66.9 Å². The van der Waals surface area contributed by atoms with E-state index in [-0.39, 0.29) is 5.82 Å². The summed E-state index contributed by atoms with van der Waals surface area (Å²) in [7, 11) is 0. The number of carbonyl (C=O) groups is 1. The number of imidazole rings is 2. The Bertz CT molecular complexity index is 1120. The van der Waals surface area contributed by atoms with Crippen LogP contribution in [-0.4, -0.2) is 44.9 Å². The fraction of sp³-hybridized carbons (Fsp3) is 0.348. The highest BCUT2D eigenvalue weighted by molar-refractivity contribution is 5.91. The van der Waals surface area contributed by atoms with Crippen molar-refractivity contribution in [2.24, 2.45) is 0 Å². The molecule has 2 aromatic carbocycles. The van der Waals surface area contributed by atoms with E-state index in [9.17, 15) is 4.79 Å². The maximum absolute atomic E-state index is 11.8. The molecule has 0 amide bonds. The second kappa shape index (κ2) is 11.2. The number of para-hydroxylation sites is 4. The highest BCUT2D eigenvalue weighted by atomic mass is 16.5. The lowest BCUT2D eigenvalue weighted by Crippen LogP contribution is -2.14. The lowest BCUT2D eigenvalue weighted by molar-refractivity contribution is 0.0468. The maximum Gasteiger partial charge on any atom is 0.374 e. The molecule has 8 heteroatoms. The summed E-state index contributed by atoms with van der Waals surface area (Å²) in [5.74, 6) is -0.139. The molecule has 2 aromatic heterocycles. The minimum atomic E-state index is -0.423. The molecule has 0 unspecified atom stereocenters. The van der Waals surface area contributed by atoms with Crippen molar-refractivity contribution in [1.29, 1.82) is 0 Å². The van der Waals surface area contributed by atoms with Gasteiger partial charge in [0.05, 0.1) is 35.0 Å². The van der Waals surface area contributed by atoms with Gasteiger partial charge < -0.3 is 18.8 Å². The molecule has 0 N–H and O–H groups in total. The molecule has 31 heavy (non-hydrogen) atoms. The fourth-order valence-electron chi connectivity index (χ4n) is 3.04.